The van der Waals surface area contributed by atoms with Gasteiger partial charge < -0.3 is 42.3 Å². The molecule has 0 saturated carbocycles. The molecular formula is C26H36Bi2O9P6. The predicted octanol–water partition coefficient (Wildman–Crippen LogP) is 3.08. The molecular weight excluding hydrogens is 1060 g/mol. The molecule has 3 rings (SSSR count). The summed E-state index contributed by atoms with van der Waals surface area (Å²) in [4.78, 5) is 54.9. The van der Waals surface area contributed by atoms with Gasteiger partial charge in [-0.15, -0.1) is 0 Å². The van der Waals surface area contributed by atoms with Gasteiger partial charge in [-0.25, -0.2) is 0 Å². The summed E-state index contributed by atoms with van der Waals surface area (Å²) in [6, 6.07) is 26.5. The number of benzene rings is 3. The molecule has 43 heavy (non-hydrogen) atoms. The first-order chi connectivity index (χ1) is 19.4. The molecule has 0 N–H and O–H groups in total. The van der Waals surface area contributed by atoms with Crippen molar-refractivity contribution in [3.05, 3.63) is 83.9 Å². The molecule has 0 fully saturated rings. The first kappa shape index (κ1) is 49.0. The molecule has 234 valence electrons. The average molecular weight is 1100 g/mol. The summed E-state index contributed by atoms with van der Waals surface area (Å²) in [6.45, 7) is 13.8. The van der Waals surface area contributed by atoms with Crippen molar-refractivity contribution in [2.24, 2.45) is 0 Å². The third kappa shape index (κ3) is 21.3. The Hall–Kier alpha value is 1.65. The van der Waals surface area contributed by atoms with E-state index >= 15 is 0 Å². The van der Waals surface area contributed by atoms with Crippen LogP contribution in [0.15, 0.2) is 72.8 Å². The molecule has 0 aliphatic carbocycles. The van der Waals surface area contributed by atoms with E-state index in [0.717, 1.165) is 0 Å². The second-order valence-corrected chi connectivity index (χ2v) is 13.4. The Morgan fingerprint density at radius 2 is 0.860 bits per heavy atom. The molecule has 0 aliphatic heterocycles. The Bertz CT molecular complexity index is 1070. The van der Waals surface area contributed by atoms with Gasteiger partial charge in [-0.2, -0.15) is 0 Å². The van der Waals surface area contributed by atoms with Gasteiger partial charge in [-0.3, -0.25) is 0 Å². The maximum atomic E-state index is 9.14. The summed E-state index contributed by atoms with van der Waals surface area (Å²) in [7, 11) is -5.35. The molecule has 0 saturated heterocycles. The van der Waals surface area contributed by atoms with Crippen LogP contribution in [-0.4, -0.2) is 52.4 Å². The van der Waals surface area contributed by atoms with Gasteiger partial charge >= 0.3 is 52.4 Å². The first-order valence-electron chi connectivity index (χ1n) is 11.9. The molecule has 6 atom stereocenters. The molecule has 0 heterocycles. The van der Waals surface area contributed by atoms with E-state index in [9.17, 15) is 0 Å². The number of rotatable bonds is 8. The summed E-state index contributed by atoms with van der Waals surface area (Å²) in [5, 5.41) is 0. The minimum atomic E-state index is -0.892. The fourth-order valence-electron chi connectivity index (χ4n) is 3.50. The normalized spacial score (nSPS) is 12.0. The quantitative estimate of drug-likeness (QED) is 0.244. The van der Waals surface area contributed by atoms with Crippen LogP contribution >= 0.6 is 54.2 Å². The Morgan fingerprint density at radius 1 is 0.465 bits per heavy atom. The summed E-state index contributed by atoms with van der Waals surface area (Å²) >= 11 is 0. The van der Waals surface area contributed by atoms with E-state index < -0.39 is 54.2 Å². The van der Waals surface area contributed by atoms with Crippen molar-refractivity contribution in [1.82, 2.24) is 0 Å². The van der Waals surface area contributed by atoms with E-state index in [1.54, 1.807) is 0 Å². The molecule has 0 spiro atoms. The number of hydrogen-bond donors (Lipinski definition) is 0. The fourth-order valence-corrected chi connectivity index (χ4v) is 3.91. The smallest absolute Gasteiger partial charge is 0.810 e. The van der Waals surface area contributed by atoms with Crippen LogP contribution in [0.3, 0.4) is 0 Å². The Labute approximate surface area is 305 Å². The van der Waals surface area contributed by atoms with Crippen LogP contribution in [0.25, 0.3) is 22.3 Å². The fraction of sp³-hybridized carbons (Fsp3) is 0.308. The van der Waals surface area contributed by atoms with Crippen molar-refractivity contribution in [2.45, 2.75) is 52.4 Å². The third-order valence-electron chi connectivity index (χ3n) is 5.25. The van der Waals surface area contributed by atoms with E-state index in [2.05, 4.69) is 127 Å². The average Bonchev–Trinajstić information content (AvgIpc) is 2.95. The van der Waals surface area contributed by atoms with Crippen molar-refractivity contribution in [2.75, 3.05) is 0 Å². The zero-order valence-electron chi connectivity index (χ0n) is 24.5. The van der Waals surface area contributed by atoms with Crippen LogP contribution in [0.1, 0.15) is 52.7 Å². The van der Waals surface area contributed by atoms with E-state index in [-0.39, 0.29) is 63.2 Å². The van der Waals surface area contributed by atoms with Crippen LogP contribution in [0.5, 0.6) is 0 Å². The summed E-state index contributed by atoms with van der Waals surface area (Å²) in [5.41, 5.74) is 8.24. The summed E-state index contributed by atoms with van der Waals surface area (Å²) < 4.78 is 11.3. The molecule has 6 unspecified atom stereocenters. The standard InChI is InChI=1S/C26H30.2Bi.3H2O3P2/c1-25(2,3)20-16-17-23(24(18-20)26(4,5)6)22-15-11-10-14-21(22)19-12-8-7-9-13-19;;;3*1-4-3-5-2/h7-18H,1-6H3;;;3*4-5H/q;2*+3;3*-2. The van der Waals surface area contributed by atoms with E-state index in [1.807, 2.05) is 0 Å². The second-order valence-electron chi connectivity index (χ2n) is 9.98. The molecule has 0 aromatic heterocycles. The van der Waals surface area contributed by atoms with Crippen molar-refractivity contribution in [1.29, 1.82) is 0 Å². The third-order valence-corrected chi connectivity index (χ3v) is 7.25. The van der Waals surface area contributed by atoms with Crippen LogP contribution in [0.2, 0.25) is 0 Å². The van der Waals surface area contributed by atoms with Gasteiger partial charge in [0.2, 0.25) is 0 Å². The van der Waals surface area contributed by atoms with Crippen molar-refractivity contribution < 1.29 is 42.3 Å². The second kappa shape index (κ2) is 28.6. The van der Waals surface area contributed by atoms with Gasteiger partial charge in [-0.1, -0.05) is 169 Å². The monoisotopic (exact) mass is 1100 g/mol. The van der Waals surface area contributed by atoms with E-state index in [1.165, 1.54) is 33.4 Å². The maximum Gasteiger partial charge on any atom is 3.00 e. The molecule has 4 radical (unpaired) electrons. The van der Waals surface area contributed by atoms with Crippen molar-refractivity contribution in [3.8, 4) is 22.3 Å². The predicted molar refractivity (Wildman–Crippen MR) is 179 cm³/mol. The maximum absolute atomic E-state index is 9.14. The largest absolute Gasteiger partial charge is 3.00 e. The molecule has 3 aromatic carbocycles. The zero-order valence-corrected chi connectivity index (χ0v) is 37.5. The minimum absolute atomic E-state index is 0. The first-order valence-corrected chi connectivity index (χ1v) is 16.8. The molecule has 0 aliphatic rings. The van der Waals surface area contributed by atoms with Crippen molar-refractivity contribution in [3.63, 3.8) is 0 Å². The Kier molecular flexibility index (Phi) is 32.7. The minimum Gasteiger partial charge on any atom is -0.810 e. The van der Waals surface area contributed by atoms with Crippen LogP contribution in [0.4, 0.5) is 0 Å². The Balaban J connectivity index is -0.000000785. The van der Waals surface area contributed by atoms with Crippen LogP contribution in [-0.2, 0) is 23.8 Å². The van der Waals surface area contributed by atoms with Gasteiger partial charge in [-0.05, 0) is 44.2 Å². The van der Waals surface area contributed by atoms with Gasteiger partial charge in [0.25, 0.3) is 0 Å². The van der Waals surface area contributed by atoms with E-state index in [4.69, 9.17) is 29.4 Å². The molecule has 9 nitrogen and oxygen atoms in total. The van der Waals surface area contributed by atoms with Gasteiger partial charge in [0.1, 0.15) is 0 Å². The van der Waals surface area contributed by atoms with Crippen LogP contribution < -0.4 is 29.4 Å². The van der Waals surface area contributed by atoms with Gasteiger partial charge in [0.05, 0.1) is 0 Å². The Morgan fingerprint density at radius 3 is 1.21 bits per heavy atom. The molecule has 0 amide bonds. The zero-order chi connectivity index (χ0) is 31.3. The van der Waals surface area contributed by atoms with Gasteiger partial charge in [0.15, 0.2) is 0 Å². The molecule has 3 aromatic rings. The van der Waals surface area contributed by atoms with E-state index in [0.29, 0.717) is 0 Å². The van der Waals surface area contributed by atoms with Crippen LogP contribution in [0, 0.1) is 0 Å². The summed E-state index contributed by atoms with van der Waals surface area (Å²) in [5.74, 6) is 0. The molecule has 0 bridgehead atoms. The topological polar surface area (TPSA) is 166 Å². The van der Waals surface area contributed by atoms with Gasteiger partial charge in [0, 0.05) is 0 Å². The number of hydrogen-bond acceptors (Lipinski definition) is 9. The van der Waals surface area contributed by atoms with Crippen molar-refractivity contribution >= 4 is 107 Å². The summed E-state index contributed by atoms with van der Waals surface area (Å²) in [6.07, 6.45) is 0. The SMILES string of the molecule is CC(C)(C)c1ccc(-c2ccccc2-c2ccccc2)c(C(C)(C)C)c1.[Bi+3].[Bi+3].[O-]POP[O-].[O-]POP[O-].[O-]POP[O-]. The molecule has 17 heteroatoms.